The van der Waals surface area contributed by atoms with Crippen molar-refractivity contribution >= 4 is 5.82 Å². The van der Waals surface area contributed by atoms with Gasteiger partial charge in [0.1, 0.15) is 5.82 Å². The lowest BCUT2D eigenvalue weighted by Gasteiger charge is -2.22. The quantitative estimate of drug-likeness (QED) is 0.779. The topological polar surface area (TPSA) is 45.2 Å². The second kappa shape index (κ2) is 5.71. The van der Waals surface area contributed by atoms with Crippen molar-refractivity contribution in [3.05, 3.63) is 23.9 Å². The Bertz CT molecular complexity index is 299. The molecule has 0 aliphatic heterocycles. The average molecular weight is 208 g/mol. The fourth-order valence-electron chi connectivity index (χ4n) is 1.52. The molecule has 0 radical (unpaired) electrons. The summed E-state index contributed by atoms with van der Waals surface area (Å²) in [6.45, 7) is 6.54. The summed E-state index contributed by atoms with van der Waals surface area (Å²) in [6.07, 6.45) is 2.56. The molecule has 0 aliphatic carbocycles. The van der Waals surface area contributed by atoms with E-state index in [9.17, 15) is 0 Å². The van der Waals surface area contributed by atoms with E-state index in [0.29, 0.717) is 5.92 Å². The third-order valence-electron chi connectivity index (χ3n) is 2.49. The molecule has 0 saturated carbocycles. The summed E-state index contributed by atoms with van der Waals surface area (Å²) >= 11 is 0. The number of aromatic nitrogens is 1. The number of hydrogen-bond donors (Lipinski definition) is 2. The Morgan fingerprint density at radius 2 is 2.20 bits per heavy atom. The summed E-state index contributed by atoms with van der Waals surface area (Å²) < 4.78 is 0. The van der Waals surface area contributed by atoms with Crippen LogP contribution in [0.3, 0.4) is 0 Å². The van der Waals surface area contributed by atoms with Gasteiger partial charge in [0.05, 0.1) is 0 Å². The van der Waals surface area contributed by atoms with E-state index in [2.05, 4.69) is 24.1 Å². The molecule has 0 aliphatic rings. The molecule has 0 spiro atoms. The number of aliphatic hydroxyl groups is 1. The van der Waals surface area contributed by atoms with Crippen LogP contribution in [0.5, 0.6) is 0 Å². The molecule has 0 bridgehead atoms. The van der Waals surface area contributed by atoms with Gasteiger partial charge in [-0.3, -0.25) is 0 Å². The monoisotopic (exact) mass is 208 g/mol. The third-order valence-corrected chi connectivity index (χ3v) is 2.49. The van der Waals surface area contributed by atoms with Crippen LogP contribution in [-0.2, 0) is 0 Å². The standard InChI is InChI=1S/C12H20N2O/c1-9(2)11(5-7-15)14-12-8-10(3)4-6-13-12/h4,6,8-9,11,15H,5,7H2,1-3H3,(H,13,14). The molecular formula is C12H20N2O. The van der Waals surface area contributed by atoms with Crippen molar-refractivity contribution in [2.75, 3.05) is 11.9 Å². The Balaban J connectivity index is 2.65. The number of nitrogens with zero attached hydrogens (tertiary/aromatic N) is 1. The van der Waals surface area contributed by atoms with Crippen LogP contribution in [0.4, 0.5) is 5.82 Å². The van der Waals surface area contributed by atoms with Gasteiger partial charge in [0.2, 0.25) is 0 Å². The summed E-state index contributed by atoms with van der Waals surface area (Å²) in [7, 11) is 0. The fourth-order valence-corrected chi connectivity index (χ4v) is 1.52. The van der Waals surface area contributed by atoms with Gasteiger partial charge in [-0.1, -0.05) is 13.8 Å². The minimum Gasteiger partial charge on any atom is -0.396 e. The first-order valence-electron chi connectivity index (χ1n) is 5.43. The average Bonchev–Trinajstić information content (AvgIpc) is 2.17. The van der Waals surface area contributed by atoms with Crippen molar-refractivity contribution in [3.8, 4) is 0 Å². The van der Waals surface area contributed by atoms with Crippen LogP contribution < -0.4 is 5.32 Å². The van der Waals surface area contributed by atoms with Crippen LogP contribution in [0, 0.1) is 12.8 Å². The number of aliphatic hydroxyl groups excluding tert-OH is 1. The summed E-state index contributed by atoms with van der Waals surface area (Å²) in [5.74, 6) is 1.38. The van der Waals surface area contributed by atoms with E-state index in [1.807, 2.05) is 19.1 Å². The molecule has 1 aromatic heterocycles. The lowest BCUT2D eigenvalue weighted by atomic mass is 10.0. The van der Waals surface area contributed by atoms with Crippen molar-refractivity contribution in [2.45, 2.75) is 33.2 Å². The van der Waals surface area contributed by atoms with Crippen LogP contribution in [-0.4, -0.2) is 22.7 Å². The third kappa shape index (κ3) is 3.88. The Hall–Kier alpha value is -1.09. The van der Waals surface area contributed by atoms with E-state index >= 15 is 0 Å². The number of nitrogens with one attached hydrogen (secondary N) is 1. The zero-order valence-corrected chi connectivity index (χ0v) is 9.70. The molecule has 15 heavy (non-hydrogen) atoms. The van der Waals surface area contributed by atoms with E-state index in [0.717, 1.165) is 12.2 Å². The van der Waals surface area contributed by atoms with Gasteiger partial charge in [0.25, 0.3) is 0 Å². The van der Waals surface area contributed by atoms with E-state index in [-0.39, 0.29) is 12.6 Å². The van der Waals surface area contributed by atoms with E-state index in [1.165, 1.54) is 5.56 Å². The Kier molecular flexibility index (Phi) is 4.56. The molecule has 1 unspecified atom stereocenters. The zero-order valence-electron chi connectivity index (χ0n) is 9.70. The van der Waals surface area contributed by atoms with Gasteiger partial charge >= 0.3 is 0 Å². The molecule has 2 N–H and O–H groups in total. The SMILES string of the molecule is Cc1ccnc(NC(CCO)C(C)C)c1. The number of rotatable bonds is 5. The Labute approximate surface area is 91.5 Å². The molecular weight excluding hydrogens is 188 g/mol. The van der Waals surface area contributed by atoms with Gasteiger partial charge < -0.3 is 10.4 Å². The lowest BCUT2D eigenvalue weighted by molar-refractivity contribution is 0.267. The maximum atomic E-state index is 8.96. The smallest absolute Gasteiger partial charge is 0.126 e. The van der Waals surface area contributed by atoms with Crippen LogP contribution in [0.15, 0.2) is 18.3 Å². The van der Waals surface area contributed by atoms with Gasteiger partial charge in [-0.15, -0.1) is 0 Å². The highest BCUT2D eigenvalue weighted by molar-refractivity contribution is 5.38. The zero-order chi connectivity index (χ0) is 11.3. The molecule has 1 aromatic rings. The predicted octanol–water partition coefficient (Wildman–Crippen LogP) is 2.21. The van der Waals surface area contributed by atoms with E-state index in [4.69, 9.17) is 5.11 Å². The largest absolute Gasteiger partial charge is 0.396 e. The number of aryl methyl sites for hydroxylation is 1. The minimum absolute atomic E-state index is 0.210. The first-order valence-corrected chi connectivity index (χ1v) is 5.43. The molecule has 1 heterocycles. The van der Waals surface area contributed by atoms with Gasteiger partial charge in [0.15, 0.2) is 0 Å². The van der Waals surface area contributed by atoms with Crippen molar-refractivity contribution in [3.63, 3.8) is 0 Å². The van der Waals surface area contributed by atoms with Crippen LogP contribution in [0.25, 0.3) is 0 Å². The maximum Gasteiger partial charge on any atom is 0.126 e. The van der Waals surface area contributed by atoms with E-state index < -0.39 is 0 Å². The van der Waals surface area contributed by atoms with Crippen molar-refractivity contribution in [2.24, 2.45) is 5.92 Å². The molecule has 3 heteroatoms. The van der Waals surface area contributed by atoms with Crippen LogP contribution in [0.1, 0.15) is 25.8 Å². The maximum absolute atomic E-state index is 8.96. The normalized spacial score (nSPS) is 12.9. The van der Waals surface area contributed by atoms with Crippen molar-refractivity contribution < 1.29 is 5.11 Å². The van der Waals surface area contributed by atoms with Crippen molar-refractivity contribution in [1.82, 2.24) is 4.98 Å². The molecule has 3 nitrogen and oxygen atoms in total. The second-order valence-electron chi connectivity index (χ2n) is 4.23. The fraction of sp³-hybridized carbons (Fsp3) is 0.583. The van der Waals surface area contributed by atoms with Gasteiger partial charge in [-0.05, 0) is 37.0 Å². The lowest BCUT2D eigenvalue weighted by Crippen LogP contribution is -2.27. The molecule has 0 saturated heterocycles. The predicted molar refractivity (Wildman–Crippen MR) is 62.9 cm³/mol. The van der Waals surface area contributed by atoms with Crippen molar-refractivity contribution in [1.29, 1.82) is 0 Å². The van der Waals surface area contributed by atoms with Gasteiger partial charge in [0, 0.05) is 18.8 Å². The highest BCUT2D eigenvalue weighted by Crippen LogP contribution is 2.13. The molecule has 1 atom stereocenters. The molecule has 0 aromatic carbocycles. The first kappa shape index (κ1) is 12.0. The van der Waals surface area contributed by atoms with Crippen LogP contribution in [0.2, 0.25) is 0 Å². The number of anilines is 1. The Morgan fingerprint density at radius 3 is 2.73 bits per heavy atom. The highest BCUT2D eigenvalue weighted by Gasteiger charge is 2.12. The Morgan fingerprint density at radius 1 is 1.47 bits per heavy atom. The summed E-state index contributed by atoms with van der Waals surface area (Å²) in [6, 6.07) is 4.28. The molecule has 1 rings (SSSR count). The summed E-state index contributed by atoms with van der Waals surface area (Å²) in [5, 5.41) is 12.3. The van der Waals surface area contributed by atoms with E-state index in [1.54, 1.807) is 6.20 Å². The molecule has 0 fully saturated rings. The van der Waals surface area contributed by atoms with Crippen LogP contribution >= 0.6 is 0 Å². The summed E-state index contributed by atoms with van der Waals surface area (Å²) in [5.41, 5.74) is 1.19. The molecule has 84 valence electrons. The van der Waals surface area contributed by atoms with Gasteiger partial charge in [-0.2, -0.15) is 0 Å². The summed E-state index contributed by atoms with van der Waals surface area (Å²) in [4.78, 5) is 4.25. The van der Waals surface area contributed by atoms with Gasteiger partial charge in [-0.25, -0.2) is 4.98 Å². The number of hydrogen-bond acceptors (Lipinski definition) is 3. The molecule has 0 amide bonds. The number of pyridine rings is 1. The first-order chi connectivity index (χ1) is 7.13. The highest BCUT2D eigenvalue weighted by atomic mass is 16.3. The second-order valence-corrected chi connectivity index (χ2v) is 4.23. The minimum atomic E-state index is 0.210.